The second-order valence-corrected chi connectivity index (χ2v) is 6.66. The predicted molar refractivity (Wildman–Crippen MR) is 105 cm³/mol. The molecule has 1 fully saturated rings. The van der Waals surface area contributed by atoms with Gasteiger partial charge < -0.3 is 15.0 Å². The highest BCUT2D eigenvalue weighted by Gasteiger charge is 2.23. The standard InChI is InChI=1S/C20H18FN3O6/c1-12(19(26)22-14-6-9-16(21)17(11-14)24(28)29)30-20(27)13-4-7-15(8-5-13)23-10-2-3-18(23)25/h4-9,11-12H,2-3,10H2,1H3,(H,22,26)/t12-/m0/s1. The average molecular weight is 415 g/mol. The van der Waals surface area contributed by atoms with Crippen LogP contribution >= 0.6 is 0 Å². The van der Waals surface area contributed by atoms with Crippen LogP contribution in [0.1, 0.15) is 30.1 Å². The van der Waals surface area contributed by atoms with E-state index in [1.165, 1.54) is 19.1 Å². The molecular weight excluding hydrogens is 397 g/mol. The molecule has 1 aliphatic heterocycles. The van der Waals surface area contributed by atoms with Crippen LogP contribution in [0, 0.1) is 15.9 Å². The van der Waals surface area contributed by atoms with Crippen LogP contribution in [0.2, 0.25) is 0 Å². The molecule has 9 nitrogen and oxygen atoms in total. The molecule has 0 bridgehead atoms. The largest absolute Gasteiger partial charge is 0.449 e. The molecule has 10 heteroatoms. The highest BCUT2D eigenvalue weighted by molar-refractivity contribution is 5.98. The minimum Gasteiger partial charge on any atom is -0.449 e. The summed E-state index contributed by atoms with van der Waals surface area (Å²) in [6, 6.07) is 9.14. The van der Waals surface area contributed by atoms with Gasteiger partial charge in [0.15, 0.2) is 6.10 Å². The minimum atomic E-state index is -1.21. The third kappa shape index (κ3) is 4.59. The summed E-state index contributed by atoms with van der Waals surface area (Å²) >= 11 is 0. The lowest BCUT2D eigenvalue weighted by atomic mass is 10.2. The molecule has 0 radical (unpaired) electrons. The lowest BCUT2D eigenvalue weighted by Gasteiger charge is -2.16. The van der Waals surface area contributed by atoms with E-state index in [2.05, 4.69) is 5.32 Å². The average Bonchev–Trinajstić information content (AvgIpc) is 3.15. The summed E-state index contributed by atoms with van der Waals surface area (Å²) in [7, 11) is 0. The van der Waals surface area contributed by atoms with Gasteiger partial charge in [-0.15, -0.1) is 0 Å². The molecular formula is C20H18FN3O6. The quantitative estimate of drug-likeness (QED) is 0.440. The van der Waals surface area contributed by atoms with E-state index in [0.717, 1.165) is 24.6 Å². The molecule has 1 atom stereocenters. The smallest absolute Gasteiger partial charge is 0.338 e. The lowest BCUT2D eigenvalue weighted by Crippen LogP contribution is -2.30. The summed E-state index contributed by atoms with van der Waals surface area (Å²) in [6.07, 6.45) is 0.0709. The monoisotopic (exact) mass is 415 g/mol. The summed E-state index contributed by atoms with van der Waals surface area (Å²) in [4.78, 5) is 47.8. The summed E-state index contributed by atoms with van der Waals surface area (Å²) in [5.74, 6) is -2.49. The number of nitro groups is 1. The van der Waals surface area contributed by atoms with E-state index >= 15 is 0 Å². The molecule has 2 aromatic rings. The summed E-state index contributed by atoms with van der Waals surface area (Å²) in [5.41, 5.74) is 0.0878. The van der Waals surface area contributed by atoms with Gasteiger partial charge in [0.1, 0.15) is 0 Å². The molecule has 0 unspecified atom stereocenters. The van der Waals surface area contributed by atoms with Crippen molar-refractivity contribution in [1.82, 2.24) is 0 Å². The Hall–Kier alpha value is -3.82. The van der Waals surface area contributed by atoms with Gasteiger partial charge in [-0.25, -0.2) is 4.79 Å². The van der Waals surface area contributed by atoms with E-state index in [4.69, 9.17) is 4.74 Å². The normalized spacial score (nSPS) is 14.3. The van der Waals surface area contributed by atoms with Crippen molar-refractivity contribution in [2.24, 2.45) is 0 Å². The first-order chi connectivity index (χ1) is 14.3. The number of hydrogen-bond acceptors (Lipinski definition) is 6. The van der Waals surface area contributed by atoms with Gasteiger partial charge in [0.2, 0.25) is 11.7 Å². The first-order valence-electron chi connectivity index (χ1n) is 9.12. The fourth-order valence-electron chi connectivity index (χ4n) is 2.95. The Morgan fingerprint density at radius 1 is 1.23 bits per heavy atom. The van der Waals surface area contributed by atoms with Gasteiger partial charge >= 0.3 is 11.7 Å². The van der Waals surface area contributed by atoms with Crippen LogP contribution in [0.5, 0.6) is 0 Å². The van der Waals surface area contributed by atoms with E-state index < -0.39 is 34.4 Å². The number of hydrogen-bond donors (Lipinski definition) is 1. The zero-order valence-corrected chi connectivity index (χ0v) is 16.0. The van der Waals surface area contributed by atoms with Crippen LogP contribution in [-0.4, -0.2) is 35.4 Å². The predicted octanol–water partition coefficient (Wildman–Crippen LogP) is 3.04. The zero-order chi connectivity index (χ0) is 21.8. The first kappa shape index (κ1) is 20.9. The van der Waals surface area contributed by atoms with E-state index in [1.807, 2.05) is 0 Å². The van der Waals surface area contributed by atoms with Crippen molar-refractivity contribution < 1.29 is 28.4 Å². The van der Waals surface area contributed by atoms with Gasteiger partial charge in [-0.3, -0.25) is 19.7 Å². The highest BCUT2D eigenvalue weighted by Crippen LogP contribution is 2.23. The number of nitrogens with zero attached hydrogens (tertiary/aromatic N) is 2. The molecule has 0 aliphatic carbocycles. The van der Waals surface area contributed by atoms with Gasteiger partial charge in [-0.2, -0.15) is 4.39 Å². The van der Waals surface area contributed by atoms with E-state index in [1.54, 1.807) is 17.0 Å². The number of ether oxygens (including phenoxy) is 1. The fraction of sp³-hybridized carbons (Fsp3) is 0.250. The number of carbonyl (C=O) groups is 3. The van der Waals surface area contributed by atoms with Crippen LogP contribution in [0.25, 0.3) is 0 Å². The molecule has 0 spiro atoms. The maximum absolute atomic E-state index is 13.4. The molecule has 156 valence electrons. The summed E-state index contributed by atoms with van der Waals surface area (Å²) < 4.78 is 18.5. The Morgan fingerprint density at radius 3 is 2.53 bits per heavy atom. The lowest BCUT2D eigenvalue weighted by molar-refractivity contribution is -0.387. The molecule has 30 heavy (non-hydrogen) atoms. The van der Waals surface area contributed by atoms with Gasteiger partial charge in [-0.05, 0) is 49.7 Å². The maximum atomic E-state index is 13.4. The number of halogens is 1. The van der Waals surface area contributed by atoms with E-state index in [-0.39, 0.29) is 17.2 Å². The Morgan fingerprint density at radius 2 is 1.93 bits per heavy atom. The fourth-order valence-corrected chi connectivity index (χ4v) is 2.95. The molecule has 2 aromatic carbocycles. The zero-order valence-electron chi connectivity index (χ0n) is 16.0. The van der Waals surface area contributed by atoms with Crippen molar-refractivity contribution in [2.45, 2.75) is 25.9 Å². The van der Waals surface area contributed by atoms with Crippen molar-refractivity contribution in [2.75, 3.05) is 16.8 Å². The van der Waals surface area contributed by atoms with Crippen molar-refractivity contribution in [1.29, 1.82) is 0 Å². The Kier molecular flexibility index (Phi) is 6.05. The number of rotatable bonds is 6. The number of anilines is 2. The molecule has 1 heterocycles. The first-order valence-corrected chi connectivity index (χ1v) is 9.12. The molecule has 1 N–H and O–H groups in total. The van der Waals surface area contributed by atoms with Gasteiger partial charge in [-0.1, -0.05) is 0 Å². The van der Waals surface area contributed by atoms with Crippen LogP contribution < -0.4 is 10.2 Å². The second-order valence-electron chi connectivity index (χ2n) is 6.66. The SMILES string of the molecule is C[C@H](OC(=O)c1ccc(N2CCCC2=O)cc1)C(=O)Nc1ccc(F)c([N+](=O)[O-])c1. The highest BCUT2D eigenvalue weighted by atomic mass is 19.1. The van der Waals surface area contributed by atoms with Gasteiger partial charge in [0.25, 0.3) is 5.91 Å². The van der Waals surface area contributed by atoms with E-state index in [0.29, 0.717) is 18.7 Å². The topological polar surface area (TPSA) is 119 Å². The number of amides is 2. The summed E-state index contributed by atoms with van der Waals surface area (Å²) in [6.45, 7) is 1.96. The molecule has 0 aromatic heterocycles. The number of carbonyl (C=O) groups excluding carboxylic acids is 3. The van der Waals surface area contributed by atoms with Crippen LogP contribution in [0.15, 0.2) is 42.5 Å². The van der Waals surface area contributed by atoms with Crippen LogP contribution in [-0.2, 0) is 14.3 Å². The third-order valence-corrected chi connectivity index (χ3v) is 4.55. The number of nitro benzene ring substituents is 1. The molecule has 2 amide bonds. The molecule has 0 saturated carbocycles. The maximum Gasteiger partial charge on any atom is 0.338 e. The number of nitrogens with one attached hydrogen (secondary N) is 1. The minimum absolute atomic E-state index is 0.00404. The Labute approximate surface area is 170 Å². The molecule has 3 rings (SSSR count). The van der Waals surface area contributed by atoms with Crippen molar-refractivity contribution in [3.63, 3.8) is 0 Å². The molecule has 1 saturated heterocycles. The van der Waals surface area contributed by atoms with Crippen molar-refractivity contribution >= 4 is 34.8 Å². The Bertz CT molecular complexity index is 1010. The number of esters is 1. The second kappa shape index (κ2) is 8.68. The van der Waals surface area contributed by atoms with Crippen LogP contribution in [0.4, 0.5) is 21.5 Å². The Balaban J connectivity index is 1.61. The van der Waals surface area contributed by atoms with Crippen molar-refractivity contribution in [3.8, 4) is 0 Å². The van der Waals surface area contributed by atoms with Crippen LogP contribution in [0.3, 0.4) is 0 Å². The van der Waals surface area contributed by atoms with E-state index in [9.17, 15) is 28.9 Å². The summed E-state index contributed by atoms with van der Waals surface area (Å²) in [5, 5.41) is 13.1. The van der Waals surface area contributed by atoms with Gasteiger partial charge in [0.05, 0.1) is 10.5 Å². The molecule has 1 aliphatic rings. The third-order valence-electron chi connectivity index (χ3n) is 4.55. The van der Waals surface area contributed by atoms with Gasteiger partial charge in [0, 0.05) is 30.4 Å². The van der Waals surface area contributed by atoms with Crippen molar-refractivity contribution in [3.05, 3.63) is 64.0 Å². The number of benzene rings is 2.